The number of aliphatic hydroxyl groups is 1. The van der Waals surface area contributed by atoms with Gasteiger partial charge in [-0.2, -0.15) is 0 Å². The minimum absolute atomic E-state index is 0.130. The van der Waals surface area contributed by atoms with E-state index < -0.39 is 15.9 Å². The van der Waals surface area contributed by atoms with Crippen LogP contribution in [0.1, 0.15) is 17.2 Å². The largest absolute Gasteiger partial charge is 0.387 e. The Labute approximate surface area is 134 Å². The van der Waals surface area contributed by atoms with Crippen LogP contribution in [0.4, 0.5) is 0 Å². The van der Waals surface area contributed by atoms with Gasteiger partial charge in [-0.15, -0.1) is 0 Å². The molecule has 0 amide bonds. The summed E-state index contributed by atoms with van der Waals surface area (Å²) in [5.74, 6) is -0.466. The van der Waals surface area contributed by atoms with E-state index in [1.54, 1.807) is 48.5 Å². The molecule has 21 heavy (non-hydrogen) atoms. The number of hydrogen-bond donors (Lipinski definition) is 1. The van der Waals surface area contributed by atoms with Gasteiger partial charge in [0.05, 0.1) is 17.6 Å². The molecule has 1 unspecified atom stereocenters. The van der Waals surface area contributed by atoms with Crippen molar-refractivity contribution >= 4 is 33.0 Å². The van der Waals surface area contributed by atoms with Crippen molar-refractivity contribution in [2.45, 2.75) is 11.9 Å². The molecule has 0 saturated carbocycles. The molecule has 0 spiro atoms. The molecule has 0 heterocycles. The molecule has 2 aromatic carbocycles. The van der Waals surface area contributed by atoms with Crippen molar-refractivity contribution in [2.75, 3.05) is 5.75 Å². The Morgan fingerprint density at radius 3 is 1.90 bits per heavy atom. The number of hydrogen-bond acceptors (Lipinski definition) is 3. The molecular weight excluding hydrogens is 331 g/mol. The summed E-state index contributed by atoms with van der Waals surface area (Å²) >= 11 is 11.5. The summed E-state index contributed by atoms with van der Waals surface area (Å²) in [5, 5.41) is 11.1. The number of benzene rings is 2. The van der Waals surface area contributed by atoms with Gasteiger partial charge in [0.25, 0.3) is 0 Å². The van der Waals surface area contributed by atoms with Gasteiger partial charge in [0.15, 0.2) is 9.84 Å². The van der Waals surface area contributed by atoms with E-state index in [1.165, 1.54) is 0 Å². The first-order valence-electron chi connectivity index (χ1n) is 6.24. The molecule has 0 fully saturated rings. The lowest BCUT2D eigenvalue weighted by molar-refractivity contribution is 0.201. The summed E-state index contributed by atoms with van der Waals surface area (Å²) in [6.45, 7) is 0. The summed E-state index contributed by atoms with van der Waals surface area (Å²) in [5.41, 5.74) is 1.17. The van der Waals surface area contributed by atoms with Crippen LogP contribution < -0.4 is 0 Å². The molecule has 0 saturated heterocycles. The first-order chi connectivity index (χ1) is 9.85. The van der Waals surface area contributed by atoms with Crippen molar-refractivity contribution in [1.82, 2.24) is 0 Å². The van der Waals surface area contributed by atoms with Gasteiger partial charge in [-0.25, -0.2) is 8.42 Å². The molecule has 3 nitrogen and oxygen atoms in total. The van der Waals surface area contributed by atoms with Crippen molar-refractivity contribution in [3.05, 3.63) is 69.7 Å². The summed E-state index contributed by atoms with van der Waals surface area (Å²) in [4.78, 5) is 0. The van der Waals surface area contributed by atoms with Crippen molar-refractivity contribution < 1.29 is 13.5 Å². The maximum atomic E-state index is 12.1. The van der Waals surface area contributed by atoms with Crippen LogP contribution in [0.15, 0.2) is 48.5 Å². The van der Waals surface area contributed by atoms with Crippen LogP contribution in [0.5, 0.6) is 0 Å². The van der Waals surface area contributed by atoms with Gasteiger partial charge in [0.1, 0.15) is 0 Å². The zero-order chi connectivity index (χ0) is 15.5. The van der Waals surface area contributed by atoms with Gasteiger partial charge in [-0.05, 0) is 35.4 Å². The molecule has 1 N–H and O–H groups in total. The molecule has 0 aromatic heterocycles. The SMILES string of the molecule is O=S(=O)(Cc1ccc(Cl)cc1)CC(O)c1ccc(Cl)cc1. The molecule has 2 rings (SSSR count). The van der Waals surface area contributed by atoms with Crippen LogP contribution in [-0.2, 0) is 15.6 Å². The van der Waals surface area contributed by atoms with Gasteiger partial charge in [0.2, 0.25) is 0 Å². The Morgan fingerprint density at radius 2 is 1.38 bits per heavy atom. The van der Waals surface area contributed by atoms with E-state index in [-0.39, 0.29) is 11.5 Å². The molecule has 6 heteroatoms. The highest BCUT2D eigenvalue weighted by atomic mass is 35.5. The first kappa shape index (κ1) is 16.3. The smallest absolute Gasteiger partial charge is 0.157 e. The molecule has 2 aromatic rings. The second kappa shape index (κ2) is 6.79. The van der Waals surface area contributed by atoms with Crippen molar-refractivity contribution in [3.63, 3.8) is 0 Å². The summed E-state index contributed by atoms with van der Waals surface area (Å²) in [6.07, 6.45) is -1.07. The monoisotopic (exact) mass is 344 g/mol. The van der Waals surface area contributed by atoms with E-state index in [2.05, 4.69) is 0 Å². The Balaban J connectivity index is 2.06. The third-order valence-electron chi connectivity index (χ3n) is 2.97. The van der Waals surface area contributed by atoms with Crippen LogP contribution in [0.25, 0.3) is 0 Å². The van der Waals surface area contributed by atoms with E-state index in [4.69, 9.17) is 23.2 Å². The number of halogens is 2. The number of aliphatic hydroxyl groups excluding tert-OH is 1. The molecule has 0 aliphatic rings. The molecule has 0 aliphatic heterocycles. The van der Waals surface area contributed by atoms with Gasteiger partial charge < -0.3 is 5.11 Å². The van der Waals surface area contributed by atoms with E-state index in [0.29, 0.717) is 21.2 Å². The minimum Gasteiger partial charge on any atom is -0.387 e. The lowest BCUT2D eigenvalue weighted by atomic mass is 10.1. The van der Waals surface area contributed by atoms with Crippen LogP contribution in [-0.4, -0.2) is 19.3 Å². The predicted octanol–water partition coefficient (Wildman–Crippen LogP) is 3.64. The second-order valence-electron chi connectivity index (χ2n) is 4.75. The topological polar surface area (TPSA) is 54.4 Å². The summed E-state index contributed by atoms with van der Waals surface area (Å²) in [7, 11) is -3.43. The highest BCUT2D eigenvalue weighted by Gasteiger charge is 2.19. The molecule has 112 valence electrons. The lowest BCUT2D eigenvalue weighted by Crippen LogP contribution is -2.16. The Hall–Kier alpha value is -1.07. The maximum absolute atomic E-state index is 12.1. The van der Waals surface area contributed by atoms with E-state index in [1.807, 2.05) is 0 Å². The van der Waals surface area contributed by atoms with Crippen molar-refractivity contribution in [1.29, 1.82) is 0 Å². The van der Waals surface area contributed by atoms with E-state index in [0.717, 1.165) is 0 Å². The molecule has 0 aliphatic carbocycles. The number of rotatable bonds is 5. The highest BCUT2D eigenvalue weighted by molar-refractivity contribution is 7.90. The Morgan fingerprint density at radius 1 is 0.905 bits per heavy atom. The zero-order valence-corrected chi connectivity index (χ0v) is 13.4. The molecular formula is C15H14Cl2O3S. The highest BCUT2D eigenvalue weighted by Crippen LogP contribution is 2.20. The zero-order valence-electron chi connectivity index (χ0n) is 11.0. The molecule has 0 radical (unpaired) electrons. The van der Waals surface area contributed by atoms with Crippen molar-refractivity contribution in [3.8, 4) is 0 Å². The number of sulfone groups is 1. The lowest BCUT2D eigenvalue weighted by Gasteiger charge is -2.12. The van der Waals surface area contributed by atoms with Crippen LogP contribution in [0.3, 0.4) is 0 Å². The van der Waals surface area contributed by atoms with E-state index in [9.17, 15) is 13.5 Å². The fourth-order valence-electron chi connectivity index (χ4n) is 1.92. The average Bonchev–Trinajstić information content (AvgIpc) is 2.41. The fraction of sp³-hybridized carbons (Fsp3) is 0.200. The second-order valence-corrected chi connectivity index (χ2v) is 7.73. The van der Waals surface area contributed by atoms with Gasteiger partial charge in [-0.1, -0.05) is 47.5 Å². The van der Waals surface area contributed by atoms with Crippen LogP contribution >= 0.6 is 23.2 Å². The maximum Gasteiger partial charge on any atom is 0.157 e. The Bertz CT molecular complexity index is 695. The predicted molar refractivity (Wildman–Crippen MR) is 85.4 cm³/mol. The van der Waals surface area contributed by atoms with Gasteiger partial charge in [-0.3, -0.25) is 0 Å². The standard InChI is InChI=1S/C15H14Cl2O3S/c16-13-5-1-11(2-6-13)9-21(19,20)10-15(18)12-3-7-14(17)8-4-12/h1-8,15,18H,9-10H2. The van der Waals surface area contributed by atoms with Crippen molar-refractivity contribution in [2.24, 2.45) is 0 Å². The third-order valence-corrected chi connectivity index (χ3v) is 5.07. The summed E-state index contributed by atoms with van der Waals surface area (Å²) in [6, 6.07) is 13.1. The minimum atomic E-state index is -3.43. The molecule has 0 bridgehead atoms. The summed E-state index contributed by atoms with van der Waals surface area (Å²) < 4.78 is 24.2. The quantitative estimate of drug-likeness (QED) is 0.900. The Kier molecular flexibility index (Phi) is 5.27. The first-order valence-corrected chi connectivity index (χ1v) is 8.82. The van der Waals surface area contributed by atoms with Crippen LogP contribution in [0, 0.1) is 0 Å². The third kappa shape index (κ3) is 5.00. The van der Waals surface area contributed by atoms with E-state index >= 15 is 0 Å². The van der Waals surface area contributed by atoms with Gasteiger partial charge >= 0.3 is 0 Å². The molecule has 1 atom stereocenters. The average molecular weight is 345 g/mol. The normalized spacial score (nSPS) is 13.1. The fourth-order valence-corrected chi connectivity index (χ4v) is 3.66. The van der Waals surface area contributed by atoms with Gasteiger partial charge in [0, 0.05) is 10.0 Å². The van der Waals surface area contributed by atoms with Crippen LogP contribution in [0.2, 0.25) is 10.0 Å².